The van der Waals surface area contributed by atoms with Gasteiger partial charge >= 0.3 is 0 Å². The molecule has 1 nitrogen and oxygen atoms in total. The van der Waals surface area contributed by atoms with Crippen LogP contribution in [0, 0.1) is 56.7 Å². The highest BCUT2D eigenvalue weighted by Gasteiger charge is 2.68. The van der Waals surface area contributed by atoms with Gasteiger partial charge < -0.3 is 5.11 Å². The second-order valence-corrected chi connectivity index (χ2v) is 14.7. The number of hydrogen-bond acceptors (Lipinski definition) is 1. The van der Waals surface area contributed by atoms with Crippen LogP contribution in [-0.4, -0.2) is 11.2 Å². The van der Waals surface area contributed by atoms with Crippen LogP contribution in [0.15, 0.2) is 11.6 Å². The Morgan fingerprint density at radius 1 is 0.806 bits per heavy atom. The van der Waals surface area contributed by atoms with Crippen molar-refractivity contribution in [3.05, 3.63) is 11.6 Å². The van der Waals surface area contributed by atoms with E-state index in [0.717, 1.165) is 30.1 Å². The van der Waals surface area contributed by atoms with Crippen molar-refractivity contribution in [3.8, 4) is 0 Å². The molecule has 0 spiro atoms. The van der Waals surface area contributed by atoms with Gasteiger partial charge in [-0.25, -0.2) is 0 Å². The smallest absolute Gasteiger partial charge is 0.0594 e. The van der Waals surface area contributed by atoms with E-state index in [1.165, 1.54) is 51.4 Å². The summed E-state index contributed by atoms with van der Waals surface area (Å²) in [4.78, 5) is 0. The van der Waals surface area contributed by atoms with Gasteiger partial charge in [-0.1, -0.05) is 67.0 Å². The molecular formula is C30H50O. The van der Waals surface area contributed by atoms with Crippen LogP contribution in [0.5, 0.6) is 0 Å². The topological polar surface area (TPSA) is 20.2 Å². The van der Waals surface area contributed by atoms with Crippen molar-refractivity contribution in [2.75, 3.05) is 0 Å². The highest BCUT2D eigenvalue weighted by atomic mass is 16.3. The van der Waals surface area contributed by atoms with E-state index < -0.39 is 0 Å². The number of aliphatic hydroxyl groups excluding tert-OH is 1. The minimum absolute atomic E-state index is 0.0394. The third-order valence-corrected chi connectivity index (χ3v) is 13.3. The lowest BCUT2D eigenvalue weighted by Crippen LogP contribution is -2.62. The zero-order valence-corrected chi connectivity index (χ0v) is 21.9. The van der Waals surface area contributed by atoms with E-state index in [9.17, 15) is 5.11 Å². The molecule has 0 amide bonds. The van der Waals surface area contributed by atoms with E-state index >= 15 is 0 Å². The molecule has 1 N–H and O–H groups in total. The van der Waals surface area contributed by atoms with Crippen molar-refractivity contribution in [1.29, 1.82) is 0 Å². The maximum atomic E-state index is 10.8. The Balaban J connectivity index is 1.55. The molecule has 4 saturated carbocycles. The zero-order chi connectivity index (χ0) is 22.6. The summed E-state index contributed by atoms with van der Waals surface area (Å²) in [5.41, 5.74) is 3.65. The maximum absolute atomic E-state index is 10.8. The molecule has 5 aliphatic carbocycles. The van der Waals surface area contributed by atoms with Gasteiger partial charge in [-0.2, -0.15) is 0 Å². The van der Waals surface area contributed by atoms with Gasteiger partial charge in [0.25, 0.3) is 0 Å². The van der Waals surface area contributed by atoms with Gasteiger partial charge in [-0.3, -0.25) is 0 Å². The van der Waals surface area contributed by atoms with Crippen LogP contribution in [0.1, 0.15) is 113 Å². The number of allylic oxidation sites excluding steroid dienone is 2. The molecule has 1 heteroatoms. The van der Waals surface area contributed by atoms with Crippen LogP contribution in [0.2, 0.25) is 0 Å². The van der Waals surface area contributed by atoms with Crippen LogP contribution >= 0.6 is 0 Å². The molecule has 0 aromatic carbocycles. The molecule has 9 atom stereocenters. The Morgan fingerprint density at radius 3 is 2.19 bits per heavy atom. The Kier molecular flexibility index (Phi) is 4.82. The van der Waals surface area contributed by atoms with Gasteiger partial charge in [-0.15, -0.1) is 0 Å². The summed E-state index contributed by atoms with van der Waals surface area (Å²) >= 11 is 0. The fraction of sp³-hybridized carbons (Fsp3) is 0.933. The Labute approximate surface area is 192 Å². The summed E-state index contributed by atoms with van der Waals surface area (Å²) in [6, 6.07) is 0. The van der Waals surface area contributed by atoms with E-state index in [2.05, 4.69) is 61.5 Å². The van der Waals surface area contributed by atoms with E-state index in [-0.39, 0.29) is 11.5 Å². The van der Waals surface area contributed by atoms with Crippen molar-refractivity contribution < 1.29 is 5.11 Å². The molecule has 0 radical (unpaired) electrons. The second kappa shape index (κ2) is 6.64. The van der Waals surface area contributed by atoms with E-state index in [0.29, 0.717) is 27.6 Å². The van der Waals surface area contributed by atoms with Crippen LogP contribution in [0.3, 0.4) is 0 Å². The van der Waals surface area contributed by atoms with Crippen molar-refractivity contribution >= 4 is 0 Å². The number of hydrogen-bond donors (Lipinski definition) is 1. The quantitative estimate of drug-likeness (QED) is 0.421. The Hall–Kier alpha value is -0.300. The van der Waals surface area contributed by atoms with Crippen LogP contribution in [0.4, 0.5) is 0 Å². The third kappa shape index (κ3) is 2.60. The standard InChI is InChI=1S/C30H50O/c1-19(2)20-9-12-24-28(20,6)17-18-29(7)22-10-11-23-26(3,4)25(31)14-15-27(23,5)21(22)13-16-30(24,29)8/h10,19-21,23-25,31H,9,11-18H2,1-8H3/t20-,21+,23+,24-,25+,27-,28-,29-,30+/m1/s1. The van der Waals surface area contributed by atoms with E-state index in [1.807, 2.05) is 5.57 Å². The molecule has 5 rings (SSSR count). The molecule has 0 aromatic heterocycles. The summed E-state index contributed by atoms with van der Waals surface area (Å²) in [7, 11) is 0. The predicted molar refractivity (Wildman–Crippen MR) is 131 cm³/mol. The molecule has 0 unspecified atom stereocenters. The van der Waals surface area contributed by atoms with Crippen LogP contribution < -0.4 is 0 Å². The normalized spacial score (nSPS) is 55.7. The highest BCUT2D eigenvalue weighted by Crippen LogP contribution is 2.76. The maximum Gasteiger partial charge on any atom is 0.0594 e. The largest absolute Gasteiger partial charge is 0.393 e. The first-order chi connectivity index (χ1) is 14.3. The first-order valence-corrected chi connectivity index (χ1v) is 13.7. The lowest BCUT2D eigenvalue weighted by Gasteiger charge is -2.69. The second-order valence-electron chi connectivity index (χ2n) is 14.7. The molecule has 4 fully saturated rings. The summed E-state index contributed by atoms with van der Waals surface area (Å²) in [6.07, 6.45) is 14.5. The summed E-state index contributed by atoms with van der Waals surface area (Å²) in [5.74, 6) is 3.99. The van der Waals surface area contributed by atoms with Crippen molar-refractivity contribution in [3.63, 3.8) is 0 Å². The highest BCUT2D eigenvalue weighted by molar-refractivity contribution is 5.33. The Morgan fingerprint density at radius 2 is 1.52 bits per heavy atom. The lowest BCUT2D eigenvalue weighted by atomic mass is 9.35. The summed E-state index contributed by atoms with van der Waals surface area (Å²) in [6.45, 7) is 20.4. The molecule has 0 saturated heterocycles. The van der Waals surface area contributed by atoms with Crippen molar-refractivity contribution in [2.45, 2.75) is 119 Å². The molecule has 0 aliphatic heterocycles. The van der Waals surface area contributed by atoms with E-state index in [4.69, 9.17) is 0 Å². The lowest BCUT2D eigenvalue weighted by molar-refractivity contribution is -0.159. The van der Waals surface area contributed by atoms with Crippen molar-refractivity contribution in [1.82, 2.24) is 0 Å². The van der Waals surface area contributed by atoms with Crippen LogP contribution in [0.25, 0.3) is 0 Å². The molecule has 31 heavy (non-hydrogen) atoms. The fourth-order valence-corrected chi connectivity index (χ4v) is 11.2. The number of rotatable bonds is 1. The minimum atomic E-state index is -0.133. The van der Waals surface area contributed by atoms with E-state index in [1.54, 1.807) is 0 Å². The third-order valence-electron chi connectivity index (χ3n) is 13.3. The number of fused-ring (bicyclic) bond motifs is 7. The zero-order valence-electron chi connectivity index (χ0n) is 21.9. The summed E-state index contributed by atoms with van der Waals surface area (Å²) in [5, 5.41) is 10.8. The average molecular weight is 427 g/mol. The first-order valence-electron chi connectivity index (χ1n) is 13.7. The monoisotopic (exact) mass is 426 g/mol. The predicted octanol–water partition coefficient (Wildman–Crippen LogP) is 8.02. The molecule has 5 aliphatic rings. The van der Waals surface area contributed by atoms with Gasteiger partial charge in [-0.05, 0) is 114 Å². The van der Waals surface area contributed by atoms with Gasteiger partial charge in [0.1, 0.15) is 0 Å². The summed E-state index contributed by atoms with van der Waals surface area (Å²) < 4.78 is 0. The Bertz CT molecular complexity index is 777. The van der Waals surface area contributed by atoms with Gasteiger partial charge in [0.05, 0.1) is 6.10 Å². The molecule has 176 valence electrons. The van der Waals surface area contributed by atoms with Crippen LogP contribution in [-0.2, 0) is 0 Å². The molecular weight excluding hydrogens is 376 g/mol. The molecule has 0 aromatic rings. The molecule has 0 bridgehead atoms. The first kappa shape index (κ1) is 22.5. The van der Waals surface area contributed by atoms with Gasteiger partial charge in [0.2, 0.25) is 0 Å². The minimum Gasteiger partial charge on any atom is -0.393 e. The number of aliphatic hydroxyl groups is 1. The SMILES string of the molecule is CC(C)[C@H]1CC[C@@H]2[C@]1(C)CC[C@]1(C)C3=CC[C@H]4C(C)(C)[C@@H](O)CC[C@]4(C)[C@H]3CC[C@@]21C. The molecule has 0 heterocycles. The average Bonchev–Trinajstić information content (AvgIpc) is 3.05. The van der Waals surface area contributed by atoms with Crippen molar-refractivity contribution in [2.24, 2.45) is 56.7 Å². The fourth-order valence-electron chi connectivity index (χ4n) is 11.2. The van der Waals surface area contributed by atoms with Gasteiger partial charge in [0, 0.05) is 0 Å². The van der Waals surface area contributed by atoms with Gasteiger partial charge in [0.15, 0.2) is 0 Å².